The summed E-state index contributed by atoms with van der Waals surface area (Å²) in [6.45, 7) is 3.57. The second kappa shape index (κ2) is 3.91. The summed E-state index contributed by atoms with van der Waals surface area (Å²) in [7, 11) is 0. The minimum Gasteiger partial charge on any atom is -0.475 e. The fourth-order valence-corrected chi connectivity index (χ4v) is 1.24. The first-order valence-electron chi connectivity index (χ1n) is 3.98. The number of hydrogen-bond donors (Lipinski definition) is 2. The molecule has 0 aromatic rings. The zero-order valence-electron chi connectivity index (χ0n) is 7.38. The van der Waals surface area contributed by atoms with E-state index in [0.717, 1.165) is 4.90 Å². The SMILES string of the molecule is C=CCC1CN(C(=O)O)C(C(=O)O)=N1. The molecule has 0 spiro atoms. The summed E-state index contributed by atoms with van der Waals surface area (Å²) < 4.78 is 0. The molecule has 0 bridgehead atoms. The predicted octanol–water partition coefficient (Wildman–Crippen LogP) is 0.408. The number of nitrogens with zero attached hydrogens (tertiary/aromatic N) is 2. The maximum Gasteiger partial charge on any atom is 0.413 e. The molecule has 76 valence electrons. The lowest BCUT2D eigenvalue weighted by Gasteiger charge is -2.11. The minimum absolute atomic E-state index is 0.0863. The van der Waals surface area contributed by atoms with Crippen LogP contribution in [-0.2, 0) is 4.79 Å². The van der Waals surface area contributed by atoms with Crippen LogP contribution in [0.4, 0.5) is 4.79 Å². The van der Waals surface area contributed by atoms with Crippen LogP contribution >= 0.6 is 0 Å². The summed E-state index contributed by atoms with van der Waals surface area (Å²) in [5.74, 6) is -1.73. The Hall–Kier alpha value is -1.85. The van der Waals surface area contributed by atoms with Crippen molar-refractivity contribution in [3.05, 3.63) is 12.7 Å². The molecule has 0 saturated heterocycles. The predicted molar refractivity (Wildman–Crippen MR) is 48.4 cm³/mol. The molecule has 0 fully saturated rings. The Morgan fingerprint density at radius 3 is 2.64 bits per heavy atom. The van der Waals surface area contributed by atoms with Gasteiger partial charge in [0.25, 0.3) is 0 Å². The number of rotatable bonds is 3. The van der Waals surface area contributed by atoms with Gasteiger partial charge in [-0.2, -0.15) is 0 Å². The average Bonchev–Trinajstić information content (AvgIpc) is 2.49. The van der Waals surface area contributed by atoms with Crippen molar-refractivity contribution in [1.29, 1.82) is 0 Å². The van der Waals surface area contributed by atoms with Crippen molar-refractivity contribution in [1.82, 2.24) is 4.90 Å². The van der Waals surface area contributed by atoms with Crippen molar-refractivity contribution in [3.63, 3.8) is 0 Å². The van der Waals surface area contributed by atoms with Gasteiger partial charge in [0.15, 0.2) is 0 Å². The quantitative estimate of drug-likeness (QED) is 0.642. The van der Waals surface area contributed by atoms with Crippen molar-refractivity contribution in [2.75, 3.05) is 6.54 Å². The Morgan fingerprint density at radius 2 is 2.29 bits per heavy atom. The number of amides is 1. The van der Waals surface area contributed by atoms with E-state index in [1.165, 1.54) is 0 Å². The van der Waals surface area contributed by atoms with Crippen LogP contribution in [0.2, 0.25) is 0 Å². The van der Waals surface area contributed by atoms with Crippen molar-refractivity contribution < 1.29 is 19.8 Å². The first-order valence-corrected chi connectivity index (χ1v) is 3.98. The number of aliphatic imine (C=N–C) groups is 1. The lowest BCUT2D eigenvalue weighted by Crippen LogP contribution is -2.38. The van der Waals surface area contributed by atoms with Crippen molar-refractivity contribution >= 4 is 17.9 Å². The highest BCUT2D eigenvalue weighted by Crippen LogP contribution is 2.13. The molecule has 1 rings (SSSR count). The lowest BCUT2D eigenvalue weighted by molar-refractivity contribution is -0.130. The summed E-state index contributed by atoms with van der Waals surface area (Å²) in [6.07, 6.45) is 0.761. The third-order valence-corrected chi connectivity index (χ3v) is 1.81. The summed E-state index contributed by atoms with van der Waals surface area (Å²) in [6, 6.07) is -0.324. The van der Waals surface area contributed by atoms with Crippen molar-refractivity contribution in [2.45, 2.75) is 12.5 Å². The Balaban J connectivity index is 2.83. The molecule has 1 aliphatic rings. The molecule has 14 heavy (non-hydrogen) atoms. The average molecular weight is 198 g/mol. The molecule has 0 aliphatic carbocycles. The molecule has 1 atom stereocenters. The van der Waals surface area contributed by atoms with Crippen LogP contribution in [0.15, 0.2) is 17.6 Å². The maximum atomic E-state index is 10.6. The molecule has 1 aliphatic heterocycles. The lowest BCUT2D eigenvalue weighted by atomic mass is 10.2. The molecule has 1 unspecified atom stereocenters. The van der Waals surface area contributed by atoms with E-state index in [1.807, 2.05) is 0 Å². The van der Waals surface area contributed by atoms with Gasteiger partial charge in [-0.25, -0.2) is 9.59 Å². The Labute approximate surface area is 80.2 Å². The fourth-order valence-electron chi connectivity index (χ4n) is 1.24. The number of hydrogen-bond acceptors (Lipinski definition) is 3. The van der Waals surface area contributed by atoms with Gasteiger partial charge in [-0.3, -0.25) is 9.89 Å². The number of carbonyl (C=O) groups is 2. The molecule has 6 nitrogen and oxygen atoms in total. The summed E-state index contributed by atoms with van der Waals surface area (Å²) >= 11 is 0. The molecule has 1 heterocycles. The van der Waals surface area contributed by atoms with Crippen LogP contribution < -0.4 is 0 Å². The molecular formula is C8H10N2O4. The third kappa shape index (κ3) is 1.90. The van der Waals surface area contributed by atoms with Crippen LogP contribution in [0.25, 0.3) is 0 Å². The molecule has 0 aromatic heterocycles. The number of amidine groups is 1. The highest BCUT2D eigenvalue weighted by Gasteiger charge is 2.33. The Bertz CT molecular complexity index is 310. The topological polar surface area (TPSA) is 90.2 Å². The van der Waals surface area contributed by atoms with Gasteiger partial charge >= 0.3 is 12.1 Å². The van der Waals surface area contributed by atoms with E-state index in [-0.39, 0.29) is 12.6 Å². The van der Waals surface area contributed by atoms with E-state index in [0.29, 0.717) is 6.42 Å². The standard InChI is InChI=1S/C8H10N2O4/c1-2-3-5-4-10(8(13)14)6(9-5)7(11)12/h2,5H,1,3-4H2,(H,11,12)(H,13,14). The van der Waals surface area contributed by atoms with Gasteiger partial charge in [0, 0.05) is 0 Å². The maximum absolute atomic E-state index is 10.6. The van der Waals surface area contributed by atoms with Gasteiger partial charge in [0.1, 0.15) is 0 Å². The zero-order valence-corrected chi connectivity index (χ0v) is 7.38. The molecule has 0 saturated carbocycles. The first kappa shape index (κ1) is 10.2. The second-order valence-corrected chi connectivity index (χ2v) is 2.83. The fraction of sp³-hybridized carbons (Fsp3) is 0.375. The van der Waals surface area contributed by atoms with Crippen LogP contribution in [0, 0.1) is 0 Å². The highest BCUT2D eigenvalue weighted by molar-refractivity contribution is 6.37. The Morgan fingerprint density at radius 1 is 1.64 bits per heavy atom. The monoisotopic (exact) mass is 198 g/mol. The van der Waals surface area contributed by atoms with Gasteiger partial charge in [-0.15, -0.1) is 6.58 Å². The number of aliphatic carboxylic acids is 1. The van der Waals surface area contributed by atoms with Crippen molar-refractivity contribution in [3.8, 4) is 0 Å². The largest absolute Gasteiger partial charge is 0.475 e. The van der Waals surface area contributed by atoms with E-state index in [2.05, 4.69) is 11.6 Å². The second-order valence-electron chi connectivity index (χ2n) is 2.83. The van der Waals surface area contributed by atoms with E-state index < -0.39 is 17.9 Å². The minimum atomic E-state index is -1.32. The Kier molecular flexibility index (Phi) is 2.85. The highest BCUT2D eigenvalue weighted by atomic mass is 16.4. The smallest absolute Gasteiger partial charge is 0.413 e. The molecule has 0 radical (unpaired) electrons. The number of carboxylic acid groups (broad SMARTS) is 2. The zero-order chi connectivity index (χ0) is 10.7. The number of carboxylic acids is 1. The summed E-state index contributed by atoms with van der Waals surface area (Å²) in [4.78, 5) is 25.7. The third-order valence-electron chi connectivity index (χ3n) is 1.81. The molecule has 0 aromatic carbocycles. The normalized spacial score (nSPS) is 20.4. The van der Waals surface area contributed by atoms with Gasteiger partial charge in [0.2, 0.25) is 5.84 Å². The first-order chi connectivity index (χ1) is 6.56. The van der Waals surface area contributed by atoms with E-state index in [1.54, 1.807) is 6.08 Å². The van der Waals surface area contributed by atoms with Crippen LogP contribution in [0.3, 0.4) is 0 Å². The van der Waals surface area contributed by atoms with Crippen LogP contribution in [0.5, 0.6) is 0 Å². The van der Waals surface area contributed by atoms with Gasteiger partial charge in [-0.1, -0.05) is 6.08 Å². The van der Waals surface area contributed by atoms with Gasteiger partial charge in [0.05, 0.1) is 12.6 Å². The summed E-state index contributed by atoms with van der Waals surface area (Å²) in [5.41, 5.74) is 0. The van der Waals surface area contributed by atoms with Gasteiger partial charge < -0.3 is 10.2 Å². The van der Waals surface area contributed by atoms with Gasteiger partial charge in [-0.05, 0) is 6.42 Å². The molecule has 1 amide bonds. The van der Waals surface area contributed by atoms with E-state index in [4.69, 9.17) is 10.2 Å². The van der Waals surface area contributed by atoms with Crippen LogP contribution in [-0.4, -0.2) is 45.6 Å². The van der Waals surface area contributed by atoms with Crippen LogP contribution in [0.1, 0.15) is 6.42 Å². The summed E-state index contributed by atoms with van der Waals surface area (Å²) in [5, 5.41) is 17.3. The molecule has 6 heteroatoms. The van der Waals surface area contributed by atoms with Crippen molar-refractivity contribution in [2.24, 2.45) is 4.99 Å². The van der Waals surface area contributed by atoms with E-state index in [9.17, 15) is 9.59 Å². The molecule has 2 N–H and O–H groups in total. The van der Waals surface area contributed by atoms with E-state index >= 15 is 0 Å². The molecular weight excluding hydrogens is 188 g/mol.